The van der Waals surface area contributed by atoms with Crippen LogP contribution in [0.4, 0.5) is 0 Å². The summed E-state index contributed by atoms with van der Waals surface area (Å²) in [5, 5.41) is 2.58. The van der Waals surface area contributed by atoms with Gasteiger partial charge in [-0.2, -0.15) is 0 Å². The summed E-state index contributed by atoms with van der Waals surface area (Å²) in [6.45, 7) is 4.70. The van der Waals surface area contributed by atoms with Crippen molar-refractivity contribution in [2.75, 3.05) is 0 Å². The van der Waals surface area contributed by atoms with Crippen molar-refractivity contribution < 1.29 is 0 Å². The van der Waals surface area contributed by atoms with Crippen LogP contribution in [0.25, 0.3) is 78.2 Å². The standard InChI is InChI=1S/C46H33N3/c1-46(2)38-19-11-18-37(43(38)44-36-17-10-9-12-30(36)24-26-39(44)46)31-20-22-34(23-21-31)42-28-41(33-15-7-4-8-16-33)48-45(49-42)35-25-27-40(47-29-35)32-13-5-3-6-14-32/h3-29H,1-2H3. The van der Waals surface area contributed by atoms with Crippen LogP contribution in [-0.4, -0.2) is 15.0 Å². The second-order valence-corrected chi connectivity index (χ2v) is 13.3. The molecule has 232 valence electrons. The highest BCUT2D eigenvalue weighted by molar-refractivity contribution is 6.06. The van der Waals surface area contributed by atoms with Crippen LogP contribution in [0.1, 0.15) is 25.0 Å². The molecule has 0 atom stereocenters. The maximum atomic E-state index is 5.09. The van der Waals surface area contributed by atoms with Gasteiger partial charge in [-0.3, -0.25) is 4.98 Å². The Balaban J connectivity index is 1.14. The molecule has 0 unspecified atom stereocenters. The van der Waals surface area contributed by atoms with E-state index in [1.54, 1.807) is 0 Å². The number of nitrogens with zero attached hydrogens (tertiary/aromatic N) is 3. The molecule has 0 bridgehead atoms. The minimum absolute atomic E-state index is 0.0794. The zero-order valence-electron chi connectivity index (χ0n) is 27.4. The summed E-state index contributed by atoms with van der Waals surface area (Å²) >= 11 is 0. The molecule has 0 N–H and O–H groups in total. The van der Waals surface area contributed by atoms with Crippen LogP contribution in [0.2, 0.25) is 0 Å². The second-order valence-electron chi connectivity index (χ2n) is 13.3. The molecule has 6 aromatic carbocycles. The van der Waals surface area contributed by atoms with Gasteiger partial charge in [-0.1, -0.05) is 153 Å². The van der Waals surface area contributed by atoms with Gasteiger partial charge in [0.15, 0.2) is 5.82 Å². The number of hydrogen-bond acceptors (Lipinski definition) is 3. The van der Waals surface area contributed by atoms with Gasteiger partial charge in [-0.05, 0) is 62.4 Å². The summed E-state index contributed by atoms with van der Waals surface area (Å²) in [7, 11) is 0. The van der Waals surface area contributed by atoms with Gasteiger partial charge in [-0.15, -0.1) is 0 Å². The van der Waals surface area contributed by atoms with Gasteiger partial charge in [0.1, 0.15) is 0 Å². The molecule has 8 aromatic rings. The van der Waals surface area contributed by atoms with Crippen molar-refractivity contribution in [3.63, 3.8) is 0 Å². The Hall–Kier alpha value is -6.19. The van der Waals surface area contributed by atoms with Gasteiger partial charge in [0.2, 0.25) is 0 Å². The van der Waals surface area contributed by atoms with Crippen LogP contribution >= 0.6 is 0 Å². The molecule has 0 fully saturated rings. The summed E-state index contributed by atoms with van der Waals surface area (Å²) < 4.78 is 0. The van der Waals surface area contributed by atoms with Crippen LogP contribution in [0, 0.1) is 0 Å². The number of aromatic nitrogens is 3. The maximum absolute atomic E-state index is 5.09. The maximum Gasteiger partial charge on any atom is 0.161 e. The Labute approximate surface area is 286 Å². The predicted octanol–water partition coefficient (Wildman–Crippen LogP) is 11.7. The number of pyridine rings is 1. The van der Waals surface area contributed by atoms with Crippen molar-refractivity contribution in [1.29, 1.82) is 0 Å². The van der Waals surface area contributed by atoms with E-state index in [1.165, 1.54) is 44.2 Å². The third-order valence-electron chi connectivity index (χ3n) is 9.97. The largest absolute Gasteiger partial charge is 0.255 e. The monoisotopic (exact) mass is 627 g/mol. The van der Waals surface area contributed by atoms with E-state index in [0.717, 1.165) is 39.3 Å². The van der Waals surface area contributed by atoms with Gasteiger partial charge in [0, 0.05) is 33.9 Å². The molecule has 0 aliphatic heterocycles. The molecule has 0 saturated heterocycles. The van der Waals surface area contributed by atoms with Crippen LogP contribution in [0.15, 0.2) is 164 Å². The van der Waals surface area contributed by atoms with Crippen LogP contribution in [0.3, 0.4) is 0 Å². The fourth-order valence-corrected chi connectivity index (χ4v) is 7.40. The van der Waals surface area contributed by atoms with Crippen molar-refractivity contribution in [2.45, 2.75) is 19.3 Å². The van der Waals surface area contributed by atoms with E-state index in [4.69, 9.17) is 15.0 Å². The summed E-state index contributed by atoms with van der Waals surface area (Å²) in [6, 6.07) is 55.7. The van der Waals surface area contributed by atoms with E-state index in [-0.39, 0.29) is 5.41 Å². The molecule has 0 saturated carbocycles. The van der Waals surface area contributed by atoms with Gasteiger partial charge < -0.3 is 0 Å². The lowest BCUT2D eigenvalue weighted by atomic mass is 9.81. The molecule has 0 radical (unpaired) electrons. The van der Waals surface area contributed by atoms with E-state index >= 15 is 0 Å². The van der Waals surface area contributed by atoms with E-state index in [9.17, 15) is 0 Å². The Morgan fingerprint density at radius 1 is 0.429 bits per heavy atom. The summed E-state index contributed by atoms with van der Waals surface area (Å²) in [5.74, 6) is 0.652. The minimum atomic E-state index is -0.0794. The van der Waals surface area contributed by atoms with Gasteiger partial charge in [0.25, 0.3) is 0 Å². The summed E-state index contributed by atoms with van der Waals surface area (Å²) in [5.41, 5.74) is 14.5. The van der Waals surface area contributed by atoms with E-state index in [0.29, 0.717) is 5.82 Å². The Bertz CT molecular complexity index is 2480. The average Bonchev–Trinajstić information content (AvgIpc) is 3.42. The lowest BCUT2D eigenvalue weighted by Gasteiger charge is -2.21. The molecule has 2 aromatic heterocycles. The molecular weight excluding hydrogens is 595 g/mol. The first kappa shape index (κ1) is 29.0. The fraction of sp³-hybridized carbons (Fsp3) is 0.0652. The molecule has 3 nitrogen and oxygen atoms in total. The third-order valence-corrected chi connectivity index (χ3v) is 9.97. The average molecular weight is 628 g/mol. The quantitative estimate of drug-likeness (QED) is 0.191. The van der Waals surface area contributed by atoms with E-state index < -0.39 is 0 Å². The topological polar surface area (TPSA) is 38.7 Å². The lowest BCUT2D eigenvalue weighted by molar-refractivity contribution is 0.661. The van der Waals surface area contributed by atoms with Crippen molar-refractivity contribution in [2.24, 2.45) is 0 Å². The first-order valence-electron chi connectivity index (χ1n) is 16.8. The zero-order valence-corrected chi connectivity index (χ0v) is 27.4. The van der Waals surface area contributed by atoms with Crippen molar-refractivity contribution >= 4 is 10.8 Å². The highest BCUT2D eigenvalue weighted by Gasteiger charge is 2.37. The van der Waals surface area contributed by atoms with Crippen molar-refractivity contribution in [3.05, 3.63) is 175 Å². The Kier molecular flexibility index (Phi) is 6.80. The van der Waals surface area contributed by atoms with Gasteiger partial charge >= 0.3 is 0 Å². The van der Waals surface area contributed by atoms with Crippen LogP contribution in [0.5, 0.6) is 0 Å². The molecule has 2 heterocycles. The van der Waals surface area contributed by atoms with Crippen LogP contribution in [-0.2, 0) is 5.41 Å². The third kappa shape index (κ3) is 4.94. The first-order valence-corrected chi connectivity index (χ1v) is 16.8. The normalized spacial score (nSPS) is 12.9. The zero-order chi connectivity index (χ0) is 33.0. The highest BCUT2D eigenvalue weighted by Crippen LogP contribution is 2.54. The lowest BCUT2D eigenvalue weighted by Crippen LogP contribution is -2.14. The summed E-state index contributed by atoms with van der Waals surface area (Å²) in [6.07, 6.45) is 1.87. The molecular formula is C46H33N3. The number of fused-ring (bicyclic) bond motifs is 5. The molecule has 1 aliphatic carbocycles. The predicted molar refractivity (Wildman–Crippen MR) is 202 cm³/mol. The molecule has 0 spiro atoms. The minimum Gasteiger partial charge on any atom is -0.255 e. The fourth-order valence-electron chi connectivity index (χ4n) is 7.40. The van der Waals surface area contributed by atoms with E-state index in [1.807, 2.05) is 48.7 Å². The second kappa shape index (κ2) is 11.5. The Morgan fingerprint density at radius 3 is 1.71 bits per heavy atom. The molecule has 0 amide bonds. The van der Waals surface area contributed by atoms with Gasteiger partial charge in [0.05, 0.1) is 17.1 Å². The number of rotatable bonds is 5. The molecule has 3 heteroatoms. The smallest absolute Gasteiger partial charge is 0.161 e. The Morgan fingerprint density at radius 2 is 1.02 bits per heavy atom. The molecule has 9 rings (SSSR count). The van der Waals surface area contributed by atoms with Gasteiger partial charge in [-0.25, -0.2) is 9.97 Å². The summed E-state index contributed by atoms with van der Waals surface area (Å²) in [4.78, 5) is 14.9. The molecule has 1 aliphatic rings. The van der Waals surface area contributed by atoms with Crippen LogP contribution < -0.4 is 0 Å². The van der Waals surface area contributed by atoms with E-state index in [2.05, 4.69) is 129 Å². The van der Waals surface area contributed by atoms with Crippen molar-refractivity contribution in [3.8, 4) is 67.4 Å². The van der Waals surface area contributed by atoms with Crippen molar-refractivity contribution in [1.82, 2.24) is 15.0 Å². The number of hydrogen-bond donors (Lipinski definition) is 0. The highest BCUT2D eigenvalue weighted by atomic mass is 14.9. The number of benzene rings is 6. The molecule has 49 heavy (non-hydrogen) atoms. The SMILES string of the molecule is CC1(C)c2cccc(-c3ccc(-c4cc(-c5ccccc5)nc(-c5ccc(-c6ccccc6)nc5)n4)cc3)c2-c2c1ccc1ccccc21. The first-order chi connectivity index (χ1) is 24.0.